The minimum atomic E-state index is -3.57. The van der Waals surface area contributed by atoms with E-state index in [9.17, 15) is 13.2 Å². The van der Waals surface area contributed by atoms with Gasteiger partial charge in [-0.25, -0.2) is 22.7 Å². The van der Waals surface area contributed by atoms with Crippen LogP contribution in [0.5, 0.6) is 0 Å². The van der Waals surface area contributed by atoms with Gasteiger partial charge in [0.05, 0.1) is 5.75 Å². The van der Waals surface area contributed by atoms with Crippen molar-refractivity contribution in [3.05, 3.63) is 52.5 Å². The molecular weight excluding hydrogens is 496 g/mol. The lowest BCUT2D eigenvalue weighted by atomic mass is 9.70. The molecule has 0 radical (unpaired) electrons. The van der Waals surface area contributed by atoms with Crippen molar-refractivity contribution in [2.24, 2.45) is 16.7 Å². The van der Waals surface area contributed by atoms with Gasteiger partial charge in [-0.1, -0.05) is 50.6 Å². The molecule has 0 spiro atoms. The van der Waals surface area contributed by atoms with Gasteiger partial charge in [0, 0.05) is 55.7 Å². The van der Waals surface area contributed by atoms with E-state index in [4.69, 9.17) is 9.97 Å². The number of carbonyl (C=O) groups is 1. The van der Waals surface area contributed by atoms with Crippen LogP contribution >= 0.6 is 0 Å². The molecule has 1 aliphatic heterocycles. The third-order valence-electron chi connectivity index (χ3n) is 9.73. The zero-order valence-electron chi connectivity index (χ0n) is 23.6. The zero-order chi connectivity index (χ0) is 27.3. The number of anilines is 1. The average molecular weight is 539 g/mol. The van der Waals surface area contributed by atoms with Crippen LogP contribution in [-0.2, 0) is 27.7 Å². The van der Waals surface area contributed by atoms with E-state index >= 15 is 0 Å². The van der Waals surface area contributed by atoms with Crippen LogP contribution in [0.15, 0.2) is 24.3 Å². The maximum atomic E-state index is 13.8. The Balaban J connectivity index is 1.38. The number of Topliss-reactive ketones (excluding diaryl/α,β-unsaturated/α-hetero) is 1. The van der Waals surface area contributed by atoms with Gasteiger partial charge in [0.2, 0.25) is 10.0 Å². The number of hydrogen-bond acceptors (Lipinski definition) is 6. The Morgan fingerprint density at radius 1 is 1.03 bits per heavy atom. The van der Waals surface area contributed by atoms with Crippen LogP contribution in [0.2, 0.25) is 0 Å². The largest absolute Gasteiger partial charge is 0.355 e. The van der Waals surface area contributed by atoms with Crippen molar-refractivity contribution in [2.75, 3.05) is 36.8 Å². The molecule has 1 saturated heterocycles. The fourth-order valence-corrected chi connectivity index (χ4v) is 9.43. The highest BCUT2D eigenvalue weighted by molar-refractivity contribution is 7.89. The number of benzene rings is 1. The van der Waals surface area contributed by atoms with E-state index in [2.05, 4.69) is 56.9 Å². The highest BCUT2D eigenvalue weighted by Crippen LogP contribution is 2.64. The molecule has 0 N–H and O–H groups in total. The molecular formula is C30H42N4O3S. The van der Waals surface area contributed by atoms with Crippen LogP contribution in [0, 0.1) is 30.6 Å². The monoisotopic (exact) mass is 538 g/mol. The molecule has 2 heterocycles. The van der Waals surface area contributed by atoms with Crippen molar-refractivity contribution in [1.29, 1.82) is 0 Å². The van der Waals surface area contributed by atoms with Gasteiger partial charge in [-0.2, -0.15) is 0 Å². The predicted molar refractivity (Wildman–Crippen MR) is 151 cm³/mol. The molecule has 8 heteroatoms. The summed E-state index contributed by atoms with van der Waals surface area (Å²) in [5.41, 5.74) is 3.65. The fourth-order valence-electron chi connectivity index (χ4n) is 7.18. The third-order valence-corrected chi connectivity index (χ3v) is 11.7. The smallest absolute Gasteiger partial charge is 0.215 e. The molecule has 5 rings (SSSR count). The second-order valence-electron chi connectivity index (χ2n) is 12.2. The number of aryl methyl sites for hydroxylation is 3. The second-order valence-corrected chi connectivity index (χ2v) is 14.2. The van der Waals surface area contributed by atoms with Crippen molar-refractivity contribution in [3.8, 4) is 0 Å². The van der Waals surface area contributed by atoms with Crippen molar-refractivity contribution < 1.29 is 13.2 Å². The summed E-state index contributed by atoms with van der Waals surface area (Å²) in [4.78, 5) is 24.9. The molecule has 2 bridgehead atoms. The van der Waals surface area contributed by atoms with E-state index < -0.39 is 15.4 Å². The SMILES string of the molecule is CCc1nc(C)nc(N2CCCN(S(=O)(=O)CC34CCC(CC3=O)C4(C)C)CC2)c1Cc1ccc(C)cc1. The van der Waals surface area contributed by atoms with Gasteiger partial charge in [-0.05, 0) is 56.4 Å². The quantitative estimate of drug-likeness (QED) is 0.517. The summed E-state index contributed by atoms with van der Waals surface area (Å²) in [5.74, 6) is 2.09. The number of ketones is 1. The third kappa shape index (κ3) is 4.68. The van der Waals surface area contributed by atoms with Crippen LogP contribution in [-0.4, -0.2) is 60.4 Å². The molecule has 3 fully saturated rings. The van der Waals surface area contributed by atoms with Gasteiger partial charge in [0.1, 0.15) is 17.4 Å². The molecule has 2 aliphatic carbocycles. The molecule has 2 atom stereocenters. The first-order valence-electron chi connectivity index (χ1n) is 14.1. The number of rotatable bonds is 7. The lowest BCUT2D eigenvalue weighted by Crippen LogP contribution is -2.47. The topological polar surface area (TPSA) is 83.5 Å². The van der Waals surface area contributed by atoms with Crippen LogP contribution < -0.4 is 4.90 Å². The molecule has 7 nitrogen and oxygen atoms in total. The first kappa shape index (κ1) is 27.3. The molecule has 1 aromatic heterocycles. The molecule has 1 aromatic carbocycles. The van der Waals surface area contributed by atoms with Gasteiger partial charge in [0.15, 0.2) is 0 Å². The summed E-state index contributed by atoms with van der Waals surface area (Å²) in [6.45, 7) is 12.6. The van der Waals surface area contributed by atoms with E-state index in [-0.39, 0.29) is 17.0 Å². The Morgan fingerprint density at radius 3 is 2.39 bits per heavy atom. The lowest BCUT2D eigenvalue weighted by molar-refractivity contribution is -0.128. The Hall–Kier alpha value is -2.32. The number of aromatic nitrogens is 2. The highest BCUT2D eigenvalue weighted by Gasteiger charge is 2.65. The first-order chi connectivity index (χ1) is 18.0. The minimum Gasteiger partial charge on any atom is -0.355 e. The van der Waals surface area contributed by atoms with Crippen molar-refractivity contribution in [2.45, 2.75) is 73.1 Å². The fraction of sp³-hybridized carbons (Fsp3) is 0.633. The van der Waals surface area contributed by atoms with Gasteiger partial charge < -0.3 is 4.90 Å². The average Bonchev–Trinajstić information content (AvgIpc) is 3.09. The molecule has 38 heavy (non-hydrogen) atoms. The molecule has 3 aliphatic rings. The second kappa shape index (κ2) is 10.0. The number of hydrogen-bond donors (Lipinski definition) is 0. The number of sulfonamides is 1. The summed E-state index contributed by atoms with van der Waals surface area (Å²) in [6, 6.07) is 8.58. The summed E-state index contributed by atoms with van der Waals surface area (Å²) < 4.78 is 29.2. The first-order valence-corrected chi connectivity index (χ1v) is 15.8. The number of fused-ring (bicyclic) bond motifs is 2. The van der Waals surface area contributed by atoms with Crippen LogP contribution in [0.3, 0.4) is 0 Å². The van der Waals surface area contributed by atoms with Crippen LogP contribution in [0.1, 0.15) is 74.7 Å². The Bertz CT molecular complexity index is 1320. The lowest BCUT2D eigenvalue weighted by Gasteiger charge is -2.37. The van der Waals surface area contributed by atoms with Crippen molar-refractivity contribution >= 4 is 21.6 Å². The Kier molecular flexibility index (Phi) is 7.18. The maximum absolute atomic E-state index is 13.8. The van der Waals surface area contributed by atoms with Gasteiger partial charge in [0.25, 0.3) is 0 Å². The maximum Gasteiger partial charge on any atom is 0.215 e. The van der Waals surface area contributed by atoms with E-state index in [1.54, 1.807) is 4.31 Å². The van der Waals surface area contributed by atoms with Gasteiger partial charge >= 0.3 is 0 Å². The molecule has 2 unspecified atom stereocenters. The predicted octanol–water partition coefficient (Wildman–Crippen LogP) is 4.48. The zero-order valence-corrected chi connectivity index (χ0v) is 24.4. The Labute approximate surface area is 228 Å². The van der Waals surface area contributed by atoms with E-state index in [1.165, 1.54) is 11.1 Å². The summed E-state index contributed by atoms with van der Waals surface area (Å²) in [7, 11) is -3.57. The normalized spacial score (nSPS) is 25.7. The van der Waals surface area contributed by atoms with E-state index in [0.29, 0.717) is 38.4 Å². The molecule has 2 saturated carbocycles. The highest BCUT2D eigenvalue weighted by atomic mass is 32.2. The van der Waals surface area contributed by atoms with E-state index in [1.807, 2.05) is 6.92 Å². The van der Waals surface area contributed by atoms with Crippen molar-refractivity contribution in [3.63, 3.8) is 0 Å². The van der Waals surface area contributed by atoms with Gasteiger partial charge in [-0.15, -0.1) is 0 Å². The standard InChI is InChI=1S/C30H42N4O3S/c1-6-26-25(18-23-10-8-21(2)9-11-23)28(32-22(3)31-26)33-14-7-15-34(17-16-33)38(36,37)20-30-13-12-24(19-27(30)35)29(30,4)5/h8-11,24H,6-7,12-20H2,1-5H3. The molecule has 0 amide bonds. The number of carbonyl (C=O) groups excluding carboxylic acids is 1. The summed E-state index contributed by atoms with van der Waals surface area (Å²) in [6.07, 6.45) is 4.48. The van der Waals surface area contributed by atoms with Gasteiger partial charge in [-0.3, -0.25) is 4.79 Å². The summed E-state index contributed by atoms with van der Waals surface area (Å²) in [5, 5.41) is 0. The molecule has 206 valence electrons. The number of nitrogens with zero attached hydrogens (tertiary/aromatic N) is 4. The Morgan fingerprint density at radius 2 is 1.76 bits per heavy atom. The minimum absolute atomic E-state index is 0.0480. The summed E-state index contributed by atoms with van der Waals surface area (Å²) >= 11 is 0. The molecule has 2 aromatic rings. The van der Waals surface area contributed by atoms with Crippen LogP contribution in [0.4, 0.5) is 5.82 Å². The van der Waals surface area contributed by atoms with Crippen LogP contribution in [0.25, 0.3) is 0 Å². The van der Waals surface area contributed by atoms with E-state index in [0.717, 1.165) is 55.1 Å². The van der Waals surface area contributed by atoms with Crippen molar-refractivity contribution in [1.82, 2.24) is 14.3 Å².